The molecule has 0 aliphatic rings. The number of nitrogens with one attached hydrogen (secondary N) is 2. The number of carbonyl (C=O) groups excluding carboxylic acids is 1. The van der Waals surface area contributed by atoms with Gasteiger partial charge in [-0.2, -0.15) is 0 Å². The SMILES string of the molecule is COc1ccc(CNC(=O)CCNS(=O)(=O)c2cc(C)ccc2C)cc1OC. The van der Waals surface area contributed by atoms with Crippen LogP contribution in [0.25, 0.3) is 0 Å². The Kier molecular flexibility index (Phi) is 7.42. The van der Waals surface area contributed by atoms with E-state index >= 15 is 0 Å². The van der Waals surface area contributed by atoms with Gasteiger partial charge in [-0.15, -0.1) is 0 Å². The standard InChI is InChI=1S/C20H26N2O5S/c1-14-5-6-15(2)19(11-14)28(24,25)22-10-9-20(23)21-13-16-7-8-17(26-3)18(12-16)27-4/h5-8,11-12,22H,9-10,13H2,1-4H3,(H,21,23). The number of aryl methyl sites for hydroxylation is 2. The van der Waals surface area contributed by atoms with Crippen LogP contribution >= 0.6 is 0 Å². The molecule has 0 radical (unpaired) electrons. The topological polar surface area (TPSA) is 93.7 Å². The van der Waals surface area contributed by atoms with E-state index in [1.807, 2.05) is 19.1 Å². The third-order valence-corrected chi connectivity index (χ3v) is 5.82. The average Bonchev–Trinajstić information content (AvgIpc) is 2.67. The van der Waals surface area contributed by atoms with Gasteiger partial charge in [0.05, 0.1) is 19.1 Å². The maximum atomic E-state index is 12.4. The van der Waals surface area contributed by atoms with Crippen molar-refractivity contribution >= 4 is 15.9 Å². The number of ether oxygens (including phenoxy) is 2. The minimum Gasteiger partial charge on any atom is -0.493 e. The molecule has 0 aliphatic carbocycles. The fourth-order valence-corrected chi connectivity index (χ4v) is 4.01. The molecule has 0 spiro atoms. The second-order valence-corrected chi connectivity index (χ2v) is 8.12. The van der Waals surface area contributed by atoms with E-state index in [9.17, 15) is 13.2 Å². The predicted molar refractivity (Wildman–Crippen MR) is 107 cm³/mol. The summed E-state index contributed by atoms with van der Waals surface area (Å²) in [6.45, 7) is 3.90. The summed E-state index contributed by atoms with van der Waals surface area (Å²) in [5.74, 6) is 0.937. The van der Waals surface area contributed by atoms with Crippen LogP contribution in [0.2, 0.25) is 0 Å². The lowest BCUT2D eigenvalue weighted by Crippen LogP contribution is -2.31. The van der Waals surface area contributed by atoms with Gasteiger partial charge in [0.15, 0.2) is 11.5 Å². The molecule has 0 bridgehead atoms. The number of methoxy groups -OCH3 is 2. The summed E-state index contributed by atoms with van der Waals surface area (Å²) < 4.78 is 37.7. The van der Waals surface area contributed by atoms with Crippen LogP contribution < -0.4 is 19.5 Å². The molecule has 0 fully saturated rings. The zero-order valence-corrected chi connectivity index (χ0v) is 17.4. The second-order valence-electron chi connectivity index (χ2n) is 6.38. The lowest BCUT2D eigenvalue weighted by molar-refractivity contribution is -0.121. The van der Waals surface area contributed by atoms with Crippen molar-refractivity contribution in [3.63, 3.8) is 0 Å². The van der Waals surface area contributed by atoms with Crippen LogP contribution in [0.15, 0.2) is 41.3 Å². The van der Waals surface area contributed by atoms with Crippen molar-refractivity contribution in [2.45, 2.75) is 31.7 Å². The van der Waals surface area contributed by atoms with Crippen LogP contribution in [-0.4, -0.2) is 35.1 Å². The summed E-state index contributed by atoms with van der Waals surface area (Å²) in [6.07, 6.45) is 0.0391. The Morgan fingerprint density at radius 1 is 1.00 bits per heavy atom. The maximum absolute atomic E-state index is 12.4. The van der Waals surface area contributed by atoms with Crippen LogP contribution in [0.1, 0.15) is 23.1 Å². The van der Waals surface area contributed by atoms with Gasteiger partial charge >= 0.3 is 0 Å². The van der Waals surface area contributed by atoms with Gasteiger partial charge in [-0.1, -0.05) is 18.2 Å². The number of benzene rings is 2. The Bertz CT molecular complexity index is 942. The van der Waals surface area contributed by atoms with E-state index in [0.717, 1.165) is 11.1 Å². The molecule has 0 atom stereocenters. The van der Waals surface area contributed by atoms with Crippen LogP contribution in [0.4, 0.5) is 0 Å². The molecule has 0 aliphatic heterocycles. The summed E-state index contributed by atoms with van der Waals surface area (Å²) in [5.41, 5.74) is 2.37. The monoisotopic (exact) mass is 406 g/mol. The number of hydrogen-bond acceptors (Lipinski definition) is 5. The predicted octanol–water partition coefficient (Wildman–Crippen LogP) is 2.31. The number of rotatable bonds is 9. The fraction of sp³-hybridized carbons (Fsp3) is 0.350. The molecule has 0 saturated heterocycles. The molecule has 2 rings (SSSR count). The van der Waals surface area contributed by atoms with E-state index in [1.54, 1.807) is 45.4 Å². The van der Waals surface area contributed by atoms with E-state index in [-0.39, 0.29) is 23.8 Å². The zero-order chi connectivity index (χ0) is 20.7. The number of sulfonamides is 1. The molecule has 2 N–H and O–H groups in total. The molecule has 1 amide bonds. The van der Waals surface area contributed by atoms with Crippen LogP contribution in [0, 0.1) is 13.8 Å². The van der Waals surface area contributed by atoms with Gasteiger partial charge in [0.1, 0.15) is 0 Å². The van der Waals surface area contributed by atoms with Crippen molar-refractivity contribution in [1.29, 1.82) is 0 Å². The second kappa shape index (κ2) is 9.57. The van der Waals surface area contributed by atoms with Crippen molar-refractivity contribution < 1.29 is 22.7 Å². The highest BCUT2D eigenvalue weighted by molar-refractivity contribution is 7.89. The smallest absolute Gasteiger partial charge is 0.240 e. The van der Waals surface area contributed by atoms with E-state index in [1.165, 1.54) is 0 Å². The van der Waals surface area contributed by atoms with Gasteiger partial charge in [0.2, 0.25) is 15.9 Å². The Morgan fingerprint density at radius 2 is 1.71 bits per heavy atom. The molecular formula is C20H26N2O5S. The number of carbonyl (C=O) groups is 1. The Hall–Kier alpha value is -2.58. The maximum Gasteiger partial charge on any atom is 0.240 e. The molecule has 0 saturated carbocycles. The van der Waals surface area contributed by atoms with Crippen molar-refractivity contribution in [1.82, 2.24) is 10.0 Å². The van der Waals surface area contributed by atoms with E-state index in [0.29, 0.717) is 23.6 Å². The van der Waals surface area contributed by atoms with Crippen molar-refractivity contribution in [2.75, 3.05) is 20.8 Å². The Morgan fingerprint density at radius 3 is 2.39 bits per heavy atom. The minimum atomic E-state index is -3.65. The molecule has 0 aromatic heterocycles. The molecule has 2 aromatic carbocycles. The summed E-state index contributed by atoms with van der Waals surface area (Å²) in [7, 11) is -0.555. The van der Waals surface area contributed by atoms with Crippen molar-refractivity contribution in [3.8, 4) is 11.5 Å². The van der Waals surface area contributed by atoms with Gasteiger partial charge in [-0.05, 0) is 48.7 Å². The first-order chi connectivity index (χ1) is 13.3. The van der Waals surface area contributed by atoms with E-state index in [4.69, 9.17) is 9.47 Å². The highest BCUT2D eigenvalue weighted by atomic mass is 32.2. The third-order valence-electron chi connectivity index (χ3n) is 4.21. The first-order valence-corrected chi connectivity index (χ1v) is 10.3. The summed E-state index contributed by atoms with van der Waals surface area (Å²) in [4.78, 5) is 12.3. The normalized spacial score (nSPS) is 11.1. The lowest BCUT2D eigenvalue weighted by Gasteiger charge is -2.11. The van der Waals surface area contributed by atoms with Crippen molar-refractivity contribution in [2.24, 2.45) is 0 Å². The van der Waals surface area contributed by atoms with E-state index in [2.05, 4.69) is 10.0 Å². The lowest BCUT2D eigenvalue weighted by atomic mass is 10.2. The van der Waals surface area contributed by atoms with Crippen LogP contribution in [0.5, 0.6) is 11.5 Å². The minimum absolute atomic E-state index is 0.0213. The number of amides is 1. The van der Waals surface area contributed by atoms with Gasteiger partial charge in [-0.25, -0.2) is 13.1 Å². The van der Waals surface area contributed by atoms with Crippen LogP contribution in [-0.2, 0) is 21.4 Å². The Balaban J connectivity index is 1.87. The Labute approximate surface area is 166 Å². The molecule has 0 unspecified atom stereocenters. The molecule has 152 valence electrons. The van der Waals surface area contributed by atoms with Crippen LogP contribution in [0.3, 0.4) is 0 Å². The quantitative estimate of drug-likeness (QED) is 0.667. The summed E-state index contributed by atoms with van der Waals surface area (Å²) in [6, 6.07) is 10.6. The molecular weight excluding hydrogens is 380 g/mol. The van der Waals surface area contributed by atoms with Crippen molar-refractivity contribution in [3.05, 3.63) is 53.1 Å². The van der Waals surface area contributed by atoms with Gasteiger partial charge in [0.25, 0.3) is 0 Å². The van der Waals surface area contributed by atoms with Gasteiger partial charge < -0.3 is 14.8 Å². The summed E-state index contributed by atoms with van der Waals surface area (Å²) >= 11 is 0. The average molecular weight is 407 g/mol. The highest BCUT2D eigenvalue weighted by Gasteiger charge is 2.17. The molecule has 7 nitrogen and oxygen atoms in total. The zero-order valence-electron chi connectivity index (χ0n) is 16.5. The molecule has 28 heavy (non-hydrogen) atoms. The largest absolute Gasteiger partial charge is 0.493 e. The summed E-state index contributed by atoms with van der Waals surface area (Å²) in [5, 5.41) is 2.76. The molecule has 8 heteroatoms. The van der Waals surface area contributed by atoms with Gasteiger partial charge in [-0.3, -0.25) is 4.79 Å². The third kappa shape index (κ3) is 5.71. The molecule has 2 aromatic rings. The first kappa shape index (κ1) is 21.7. The highest BCUT2D eigenvalue weighted by Crippen LogP contribution is 2.27. The van der Waals surface area contributed by atoms with Gasteiger partial charge in [0, 0.05) is 19.5 Å². The first-order valence-electron chi connectivity index (χ1n) is 8.81. The molecule has 0 heterocycles. The van der Waals surface area contributed by atoms with E-state index < -0.39 is 10.0 Å². The number of hydrogen-bond donors (Lipinski definition) is 2. The fourth-order valence-electron chi connectivity index (χ4n) is 2.65.